The van der Waals surface area contributed by atoms with Crippen LogP contribution >= 0.6 is 0 Å². The maximum atomic E-state index is 5.81. The molecule has 1 aliphatic rings. The van der Waals surface area contributed by atoms with Crippen LogP contribution in [0.25, 0.3) is 0 Å². The summed E-state index contributed by atoms with van der Waals surface area (Å²) in [5.74, 6) is 4.31. The smallest absolute Gasteiger partial charge is 0.223 e. The molecule has 2 N–H and O–H groups in total. The predicted molar refractivity (Wildman–Crippen MR) is 77.8 cm³/mol. The molecule has 0 bridgehead atoms. The summed E-state index contributed by atoms with van der Waals surface area (Å²) in [6.45, 7) is 6.78. The number of anilines is 1. The maximum Gasteiger partial charge on any atom is 0.223 e. The third-order valence-corrected chi connectivity index (χ3v) is 4.27. The lowest BCUT2D eigenvalue weighted by atomic mass is 9.77. The van der Waals surface area contributed by atoms with E-state index < -0.39 is 0 Å². The van der Waals surface area contributed by atoms with Crippen molar-refractivity contribution in [2.75, 3.05) is 5.73 Å². The average molecular weight is 262 g/mol. The molecule has 1 saturated carbocycles. The van der Waals surface area contributed by atoms with Crippen LogP contribution in [-0.2, 0) is 6.42 Å². The van der Waals surface area contributed by atoms with Gasteiger partial charge in [-0.3, -0.25) is 0 Å². The molecule has 0 aromatic carbocycles. The zero-order valence-corrected chi connectivity index (χ0v) is 12.4. The Bertz CT molecular complexity index is 409. The van der Waals surface area contributed by atoms with Gasteiger partial charge in [0.15, 0.2) is 0 Å². The quantitative estimate of drug-likeness (QED) is 0.904. The predicted octanol–water partition coefficient (Wildman–Crippen LogP) is 3.34. The van der Waals surface area contributed by atoms with Gasteiger partial charge in [0.25, 0.3) is 0 Å². The lowest BCUT2D eigenvalue weighted by Crippen LogP contribution is -2.20. The van der Waals surface area contributed by atoms with Gasteiger partial charge in [-0.05, 0) is 43.9 Å². The van der Waals surface area contributed by atoms with E-state index in [2.05, 4.69) is 35.7 Å². The molecule has 2 rings (SSSR count). The van der Waals surface area contributed by atoms with Gasteiger partial charge in [-0.15, -0.1) is 0 Å². The summed E-state index contributed by atoms with van der Waals surface area (Å²) in [6.07, 6.45) is 6.90. The molecule has 1 heterocycles. The molecule has 0 atom stereocenters. The zero-order valence-electron chi connectivity index (χ0n) is 12.4. The number of hydrogen-bond acceptors (Lipinski definition) is 4. The second-order valence-corrected chi connectivity index (χ2v) is 6.07. The van der Waals surface area contributed by atoms with Crippen LogP contribution in [0.2, 0.25) is 0 Å². The number of nitrogens with two attached hydrogens (primary N) is 1. The zero-order chi connectivity index (χ0) is 13.8. The van der Waals surface area contributed by atoms with Crippen LogP contribution in [0, 0.1) is 11.8 Å². The summed E-state index contributed by atoms with van der Waals surface area (Å²) in [6, 6.07) is 0. The third kappa shape index (κ3) is 3.64. The molecule has 19 heavy (non-hydrogen) atoms. The highest BCUT2D eigenvalue weighted by Gasteiger charge is 2.26. The first-order valence-electron chi connectivity index (χ1n) is 7.60. The Labute approximate surface area is 116 Å². The topological polar surface area (TPSA) is 64.7 Å². The van der Waals surface area contributed by atoms with Gasteiger partial charge in [-0.1, -0.05) is 20.8 Å². The average Bonchev–Trinajstić information content (AvgIpc) is 2.38. The molecule has 1 aliphatic carbocycles. The van der Waals surface area contributed by atoms with E-state index in [1.165, 1.54) is 25.7 Å². The fourth-order valence-electron chi connectivity index (χ4n) is 3.02. The second-order valence-electron chi connectivity index (χ2n) is 6.07. The Hall–Kier alpha value is -1.19. The van der Waals surface area contributed by atoms with Crippen LogP contribution in [0.3, 0.4) is 0 Å². The first-order chi connectivity index (χ1) is 9.10. The van der Waals surface area contributed by atoms with Crippen molar-refractivity contribution < 1.29 is 0 Å². The number of aromatic nitrogens is 3. The minimum Gasteiger partial charge on any atom is -0.368 e. The monoisotopic (exact) mass is 262 g/mol. The summed E-state index contributed by atoms with van der Waals surface area (Å²) in [7, 11) is 0. The number of nitrogen functional groups attached to an aromatic ring is 1. The van der Waals surface area contributed by atoms with E-state index in [1.54, 1.807) is 0 Å². The van der Waals surface area contributed by atoms with E-state index in [0.717, 1.165) is 36.3 Å². The van der Waals surface area contributed by atoms with Crippen molar-refractivity contribution >= 4 is 5.95 Å². The van der Waals surface area contributed by atoms with E-state index in [0.29, 0.717) is 11.9 Å². The molecule has 0 spiro atoms. The van der Waals surface area contributed by atoms with Gasteiger partial charge < -0.3 is 5.73 Å². The fourth-order valence-corrected chi connectivity index (χ4v) is 3.02. The summed E-state index contributed by atoms with van der Waals surface area (Å²) < 4.78 is 0. The van der Waals surface area contributed by atoms with E-state index in [1.807, 2.05) is 0 Å². The van der Waals surface area contributed by atoms with Crippen molar-refractivity contribution in [2.24, 2.45) is 11.8 Å². The highest BCUT2D eigenvalue weighted by molar-refractivity contribution is 5.18. The van der Waals surface area contributed by atoms with Crippen molar-refractivity contribution in [3.63, 3.8) is 0 Å². The minimum atomic E-state index is 0.388. The normalized spacial score (nSPS) is 23.8. The first kappa shape index (κ1) is 14.2. The van der Waals surface area contributed by atoms with E-state index in [-0.39, 0.29) is 0 Å². The van der Waals surface area contributed by atoms with Gasteiger partial charge >= 0.3 is 0 Å². The molecule has 1 aromatic heterocycles. The molecule has 1 fully saturated rings. The van der Waals surface area contributed by atoms with Crippen molar-refractivity contribution in [1.29, 1.82) is 0 Å². The molecule has 0 amide bonds. The van der Waals surface area contributed by atoms with Crippen LogP contribution in [-0.4, -0.2) is 15.0 Å². The van der Waals surface area contributed by atoms with Gasteiger partial charge in [0, 0.05) is 12.3 Å². The van der Waals surface area contributed by atoms with Crippen molar-refractivity contribution in [1.82, 2.24) is 15.0 Å². The molecule has 4 heteroatoms. The highest BCUT2D eigenvalue weighted by Crippen LogP contribution is 2.37. The SMILES string of the molecule is CCCc1nc(N)nc(C2CCC(C(C)C)CC2)n1. The van der Waals surface area contributed by atoms with Gasteiger partial charge in [-0.25, -0.2) is 4.98 Å². The second kappa shape index (κ2) is 6.31. The lowest BCUT2D eigenvalue weighted by Gasteiger charge is -2.30. The van der Waals surface area contributed by atoms with Gasteiger partial charge in [-0.2, -0.15) is 9.97 Å². The molecule has 1 aromatic rings. The van der Waals surface area contributed by atoms with Crippen LogP contribution < -0.4 is 5.73 Å². The van der Waals surface area contributed by atoms with Gasteiger partial charge in [0.2, 0.25) is 5.95 Å². The molecular weight excluding hydrogens is 236 g/mol. The van der Waals surface area contributed by atoms with Gasteiger partial charge in [0.1, 0.15) is 11.6 Å². The fraction of sp³-hybridized carbons (Fsp3) is 0.800. The minimum absolute atomic E-state index is 0.388. The van der Waals surface area contributed by atoms with Crippen LogP contribution in [0.1, 0.15) is 70.4 Å². The maximum absolute atomic E-state index is 5.81. The molecular formula is C15H26N4. The lowest BCUT2D eigenvalue weighted by molar-refractivity contribution is 0.254. The Kier molecular flexibility index (Phi) is 4.72. The summed E-state index contributed by atoms with van der Waals surface area (Å²) in [4.78, 5) is 13.2. The number of rotatable bonds is 4. The molecule has 0 unspecified atom stereocenters. The molecule has 106 valence electrons. The standard InChI is InChI=1S/C15H26N4/c1-4-5-13-17-14(19-15(16)18-13)12-8-6-11(7-9-12)10(2)3/h10-12H,4-9H2,1-3H3,(H2,16,17,18,19). The highest BCUT2D eigenvalue weighted by atomic mass is 15.1. The summed E-state index contributed by atoms with van der Waals surface area (Å²) >= 11 is 0. The Morgan fingerprint density at radius 1 is 1.11 bits per heavy atom. The van der Waals surface area contributed by atoms with E-state index >= 15 is 0 Å². The number of nitrogens with zero attached hydrogens (tertiary/aromatic N) is 3. The summed E-state index contributed by atoms with van der Waals surface area (Å²) in [5, 5.41) is 0. The molecule has 0 radical (unpaired) electrons. The van der Waals surface area contributed by atoms with Crippen molar-refractivity contribution in [3.05, 3.63) is 11.6 Å². The Morgan fingerprint density at radius 2 is 1.79 bits per heavy atom. The molecule has 4 nitrogen and oxygen atoms in total. The van der Waals surface area contributed by atoms with Crippen LogP contribution in [0.4, 0.5) is 5.95 Å². The molecule has 0 aliphatic heterocycles. The van der Waals surface area contributed by atoms with E-state index in [9.17, 15) is 0 Å². The largest absolute Gasteiger partial charge is 0.368 e. The summed E-state index contributed by atoms with van der Waals surface area (Å²) in [5.41, 5.74) is 5.81. The van der Waals surface area contributed by atoms with Crippen LogP contribution in [0.15, 0.2) is 0 Å². The Morgan fingerprint density at radius 3 is 2.37 bits per heavy atom. The Balaban J connectivity index is 2.06. The van der Waals surface area contributed by atoms with Crippen molar-refractivity contribution in [3.8, 4) is 0 Å². The van der Waals surface area contributed by atoms with E-state index in [4.69, 9.17) is 5.73 Å². The van der Waals surface area contributed by atoms with Crippen LogP contribution in [0.5, 0.6) is 0 Å². The third-order valence-electron chi connectivity index (χ3n) is 4.27. The molecule has 0 saturated heterocycles. The van der Waals surface area contributed by atoms with Gasteiger partial charge in [0.05, 0.1) is 0 Å². The number of aryl methyl sites for hydroxylation is 1. The first-order valence-corrected chi connectivity index (χ1v) is 7.60. The van der Waals surface area contributed by atoms with Crippen molar-refractivity contribution in [2.45, 2.75) is 65.2 Å². The number of hydrogen-bond donors (Lipinski definition) is 1.